The highest BCUT2D eigenvalue weighted by atomic mass is 32.2. The van der Waals surface area contributed by atoms with Gasteiger partial charge in [-0.25, -0.2) is 4.79 Å². The summed E-state index contributed by atoms with van der Waals surface area (Å²) in [5.74, 6) is 0.645. The highest BCUT2D eigenvalue weighted by Gasteiger charge is 2.16. The molecule has 0 unspecified atom stereocenters. The average molecular weight is 359 g/mol. The van der Waals surface area contributed by atoms with Crippen LogP contribution in [-0.4, -0.2) is 20.2 Å². The Labute approximate surface area is 146 Å². The van der Waals surface area contributed by atoms with Gasteiger partial charge in [-0.05, 0) is 18.9 Å². The summed E-state index contributed by atoms with van der Waals surface area (Å²) in [5.41, 5.74) is 7.22. The first-order chi connectivity index (χ1) is 12.0. The van der Waals surface area contributed by atoms with Gasteiger partial charge in [0.15, 0.2) is 0 Å². The van der Waals surface area contributed by atoms with Gasteiger partial charge in [0.2, 0.25) is 5.89 Å². The van der Waals surface area contributed by atoms with Crippen LogP contribution in [0, 0.1) is 6.92 Å². The molecular formula is C16H17N5O3S. The molecule has 3 rings (SSSR count). The molecule has 0 saturated heterocycles. The molecule has 0 aliphatic carbocycles. The first kappa shape index (κ1) is 17.2. The molecule has 9 heteroatoms. The van der Waals surface area contributed by atoms with E-state index in [1.54, 1.807) is 6.92 Å². The van der Waals surface area contributed by atoms with Crippen molar-refractivity contribution in [2.45, 2.75) is 30.4 Å². The van der Waals surface area contributed by atoms with Crippen LogP contribution in [0.5, 0.6) is 0 Å². The third-order valence-electron chi connectivity index (χ3n) is 3.63. The van der Waals surface area contributed by atoms with Crippen LogP contribution < -0.4 is 17.0 Å². The van der Waals surface area contributed by atoms with Crippen LogP contribution in [0.2, 0.25) is 0 Å². The lowest BCUT2D eigenvalue weighted by Gasteiger charge is -2.06. The van der Waals surface area contributed by atoms with E-state index in [4.69, 9.17) is 10.2 Å². The number of rotatable bonds is 6. The van der Waals surface area contributed by atoms with Crippen molar-refractivity contribution in [2.75, 3.05) is 0 Å². The normalized spacial score (nSPS) is 12.2. The molecule has 130 valence electrons. The van der Waals surface area contributed by atoms with Gasteiger partial charge in [0.1, 0.15) is 0 Å². The van der Waals surface area contributed by atoms with E-state index in [2.05, 4.69) is 20.2 Å². The van der Waals surface area contributed by atoms with Gasteiger partial charge in [-0.3, -0.25) is 9.78 Å². The second-order valence-electron chi connectivity index (χ2n) is 5.50. The molecule has 8 nitrogen and oxygen atoms in total. The fourth-order valence-corrected chi connectivity index (χ4v) is 3.18. The second kappa shape index (κ2) is 7.49. The smallest absolute Gasteiger partial charge is 0.325 e. The molecule has 3 aromatic rings. The molecule has 2 aromatic heterocycles. The topological polar surface area (TPSA) is 131 Å². The summed E-state index contributed by atoms with van der Waals surface area (Å²) in [4.78, 5) is 27.8. The summed E-state index contributed by atoms with van der Waals surface area (Å²) in [6, 6.07) is 9.40. The predicted octanol–water partition coefficient (Wildman–Crippen LogP) is 1.29. The Morgan fingerprint density at radius 2 is 1.96 bits per heavy atom. The first-order valence-corrected chi connectivity index (χ1v) is 8.59. The number of thioether (sulfide) groups is 1. The van der Waals surface area contributed by atoms with Crippen LogP contribution in [0.3, 0.4) is 0 Å². The molecular weight excluding hydrogens is 342 g/mol. The molecule has 2 heterocycles. The monoisotopic (exact) mass is 359 g/mol. The lowest BCUT2D eigenvalue weighted by Crippen LogP contribution is -2.26. The molecule has 4 N–H and O–H groups in total. The Bertz CT molecular complexity index is 964. The summed E-state index contributed by atoms with van der Waals surface area (Å²) in [5, 5.41) is 8.25. The van der Waals surface area contributed by atoms with E-state index in [9.17, 15) is 9.59 Å². The van der Waals surface area contributed by atoms with Crippen LogP contribution in [0.1, 0.15) is 28.8 Å². The Morgan fingerprint density at radius 3 is 2.68 bits per heavy atom. The van der Waals surface area contributed by atoms with Crippen LogP contribution in [0.4, 0.5) is 0 Å². The van der Waals surface area contributed by atoms with Crippen molar-refractivity contribution < 1.29 is 4.42 Å². The minimum absolute atomic E-state index is 0.299. The number of aryl methyl sites for hydroxylation is 1. The van der Waals surface area contributed by atoms with Crippen molar-refractivity contribution in [3.8, 4) is 0 Å². The highest BCUT2D eigenvalue weighted by molar-refractivity contribution is 7.98. The molecule has 0 radical (unpaired) electrons. The maximum Gasteiger partial charge on any atom is 0.325 e. The van der Waals surface area contributed by atoms with Crippen LogP contribution in [-0.2, 0) is 12.2 Å². The third kappa shape index (κ3) is 4.25. The number of H-pyrrole nitrogens is 2. The first-order valence-electron chi connectivity index (χ1n) is 7.60. The number of nitrogens with zero attached hydrogens (tertiary/aromatic N) is 2. The van der Waals surface area contributed by atoms with Crippen LogP contribution >= 0.6 is 11.8 Å². The third-order valence-corrected chi connectivity index (χ3v) is 4.48. The fourth-order valence-electron chi connectivity index (χ4n) is 2.32. The maximum atomic E-state index is 11.8. The SMILES string of the molecule is Cc1[nH]c(=O)[nH]c(=O)c1CSc1nnc([C@@H](N)Cc2ccccc2)o1. The summed E-state index contributed by atoms with van der Waals surface area (Å²) < 4.78 is 5.57. The van der Waals surface area contributed by atoms with E-state index in [0.717, 1.165) is 5.56 Å². The van der Waals surface area contributed by atoms with Gasteiger partial charge < -0.3 is 15.1 Å². The maximum absolute atomic E-state index is 11.8. The van der Waals surface area contributed by atoms with Crippen molar-refractivity contribution >= 4 is 11.8 Å². The second-order valence-corrected chi connectivity index (χ2v) is 6.43. The van der Waals surface area contributed by atoms with E-state index in [1.165, 1.54) is 11.8 Å². The zero-order valence-electron chi connectivity index (χ0n) is 13.5. The number of hydrogen-bond acceptors (Lipinski definition) is 7. The van der Waals surface area contributed by atoms with Crippen molar-refractivity contribution in [2.24, 2.45) is 5.73 Å². The van der Waals surface area contributed by atoms with Gasteiger partial charge in [-0.2, -0.15) is 0 Å². The van der Waals surface area contributed by atoms with E-state index < -0.39 is 17.3 Å². The van der Waals surface area contributed by atoms with E-state index in [1.807, 2.05) is 30.3 Å². The van der Waals surface area contributed by atoms with Gasteiger partial charge in [-0.1, -0.05) is 42.1 Å². The molecule has 25 heavy (non-hydrogen) atoms. The van der Waals surface area contributed by atoms with Crippen molar-refractivity contribution in [1.82, 2.24) is 20.2 Å². The Kier molecular flexibility index (Phi) is 5.15. The summed E-state index contributed by atoms with van der Waals surface area (Å²) >= 11 is 1.21. The number of aromatic nitrogens is 4. The molecule has 1 aromatic carbocycles. The largest absolute Gasteiger partial charge is 0.414 e. The summed E-state index contributed by atoms with van der Waals surface area (Å²) in [7, 11) is 0. The van der Waals surface area contributed by atoms with Crippen molar-refractivity contribution in [1.29, 1.82) is 0 Å². The van der Waals surface area contributed by atoms with Gasteiger partial charge in [-0.15, -0.1) is 10.2 Å². The lowest BCUT2D eigenvalue weighted by atomic mass is 10.1. The number of nitrogens with two attached hydrogens (primary N) is 1. The quantitative estimate of drug-likeness (QED) is 0.565. The predicted molar refractivity (Wildman–Crippen MR) is 93.4 cm³/mol. The standard InChI is InChI=1S/C16H17N5O3S/c1-9-11(13(22)19-15(23)18-9)8-25-16-21-20-14(24-16)12(17)7-10-5-3-2-4-6-10/h2-6,12H,7-8,17H2,1H3,(H2,18,19,22,23)/t12-/m0/s1. The van der Waals surface area contributed by atoms with E-state index >= 15 is 0 Å². The molecule has 0 aliphatic heterocycles. The molecule has 1 atom stereocenters. The highest BCUT2D eigenvalue weighted by Crippen LogP contribution is 2.23. The minimum Gasteiger partial charge on any atom is -0.414 e. The molecule has 0 saturated carbocycles. The number of nitrogens with one attached hydrogen (secondary N) is 2. The van der Waals surface area contributed by atoms with E-state index in [0.29, 0.717) is 34.5 Å². The molecule has 0 spiro atoms. The molecule has 0 amide bonds. The zero-order chi connectivity index (χ0) is 17.8. The Hall–Kier alpha value is -2.65. The van der Waals surface area contributed by atoms with Gasteiger partial charge in [0, 0.05) is 17.0 Å². The summed E-state index contributed by atoms with van der Waals surface area (Å²) in [6.45, 7) is 1.67. The summed E-state index contributed by atoms with van der Waals surface area (Å²) in [6.07, 6.45) is 0.589. The van der Waals surface area contributed by atoms with Crippen molar-refractivity contribution in [3.63, 3.8) is 0 Å². The van der Waals surface area contributed by atoms with Gasteiger partial charge >= 0.3 is 5.69 Å². The lowest BCUT2D eigenvalue weighted by molar-refractivity contribution is 0.385. The van der Waals surface area contributed by atoms with Crippen LogP contribution in [0.25, 0.3) is 0 Å². The zero-order valence-corrected chi connectivity index (χ0v) is 14.3. The van der Waals surface area contributed by atoms with Gasteiger partial charge in [0.25, 0.3) is 10.8 Å². The molecule has 0 aliphatic rings. The fraction of sp³-hybridized carbons (Fsp3) is 0.250. The Balaban J connectivity index is 1.66. The number of hydrogen-bond donors (Lipinski definition) is 3. The van der Waals surface area contributed by atoms with Crippen LogP contribution in [0.15, 0.2) is 49.6 Å². The average Bonchev–Trinajstić information content (AvgIpc) is 3.04. The molecule has 0 bridgehead atoms. The number of benzene rings is 1. The van der Waals surface area contributed by atoms with Gasteiger partial charge in [0.05, 0.1) is 6.04 Å². The number of aromatic amines is 2. The van der Waals surface area contributed by atoms with E-state index in [-0.39, 0.29) is 0 Å². The molecule has 0 fully saturated rings. The van der Waals surface area contributed by atoms with Crippen molar-refractivity contribution in [3.05, 3.63) is 73.9 Å². The Morgan fingerprint density at radius 1 is 1.20 bits per heavy atom. The minimum atomic E-state index is -0.525.